The molecule has 6 heteroatoms. The van der Waals surface area contributed by atoms with Gasteiger partial charge in [0.25, 0.3) is 0 Å². The number of methoxy groups -OCH3 is 1. The van der Waals surface area contributed by atoms with Crippen molar-refractivity contribution < 1.29 is 27.8 Å². The molecule has 25 heavy (non-hydrogen) atoms. The normalized spacial score (nSPS) is 12.7. The van der Waals surface area contributed by atoms with Crippen LogP contribution in [0.25, 0.3) is 0 Å². The van der Waals surface area contributed by atoms with E-state index < -0.39 is 17.8 Å². The van der Waals surface area contributed by atoms with Crippen LogP contribution in [0.3, 0.4) is 0 Å². The molecule has 0 bridgehead atoms. The van der Waals surface area contributed by atoms with Crippen LogP contribution in [-0.4, -0.2) is 18.2 Å². The lowest BCUT2D eigenvalue weighted by Gasteiger charge is -2.14. The highest BCUT2D eigenvalue weighted by molar-refractivity contribution is 5.69. The summed E-state index contributed by atoms with van der Waals surface area (Å²) in [5.74, 6) is -0.255. The van der Waals surface area contributed by atoms with Crippen LogP contribution in [0.5, 0.6) is 0 Å². The van der Waals surface area contributed by atoms with Crippen molar-refractivity contribution in [3.05, 3.63) is 70.8 Å². The topological polar surface area (TPSA) is 46.5 Å². The van der Waals surface area contributed by atoms with Gasteiger partial charge in [-0.1, -0.05) is 36.4 Å². The van der Waals surface area contributed by atoms with Gasteiger partial charge in [0, 0.05) is 6.42 Å². The molecule has 2 aromatic rings. The first-order valence-corrected chi connectivity index (χ1v) is 7.82. The zero-order chi connectivity index (χ0) is 18.4. The van der Waals surface area contributed by atoms with E-state index in [1.165, 1.54) is 19.2 Å². The van der Waals surface area contributed by atoms with E-state index >= 15 is 0 Å². The monoisotopic (exact) mass is 352 g/mol. The molecular formula is C19H19F3O3. The van der Waals surface area contributed by atoms with Crippen molar-refractivity contribution in [2.45, 2.75) is 31.5 Å². The van der Waals surface area contributed by atoms with Gasteiger partial charge in [0.05, 0.1) is 12.7 Å². The number of hydrogen-bond donors (Lipinski definition) is 1. The average molecular weight is 352 g/mol. The number of halogens is 3. The van der Waals surface area contributed by atoms with Crippen molar-refractivity contribution in [1.29, 1.82) is 0 Å². The van der Waals surface area contributed by atoms with Gasteiger partial charge in [0.15, 0.2) is 0 Å². The summed E-state index contributed by atoms with van der Waals surface area (Å²) in [4.78, 5) is 11.1. The Morgan fingerprint density at radius 3 is 2.04 bits per heavy atom. The summed E-state index contributed by atoms with van der Waals surface area (Å²) in [6.45, 7) is 0. The lowest BCUT2D eigenvalue weighted by molar-refractivity contribution is -0.140. The average Bonchev–Trinajstić information content (AvgIpc) is 2.61. The largest absolute Gasteiger partial charge is 0.469 e. The van der Waals surface area contributed by atoms with E-state index in [2.05, 4.69) is 4.74 Å². The molecule has 1 N–H and O–H groups in total. The first kappa shape index (κ1) is 19.0. The number of rotatable bonds is 6. The Labute approximate surface area is 144 Å². The number of carbonyl (C=O) groups excluding carboxylic acids is 1. The van der Waals surface area contributed by atoms with Crippen LogP contribution < -0.4 is 0 Å². The molecule has 0 aliphatic heterocycles. The molecule has 0 saturated heterocycles. The summed E-state index contributed by atoms with van der Waals surface area (Å²) in [5.41, 5.74) is 1.25. The second kappa shape index (κ2) is 8.16. The smallest absolute Gasteiger partial charge is 0.416 e. The number of carbonyl (C=O) groups is 1. The molecule has 0 saturated carbocycles. The SMILES string of the molecule is COC(=O)CCCc1ccc(C(O)c2ccc(C(F)(F)F)cc2)cc1. The number of ether oxygens (including phenoxy) is 1. The molecule has 0 aliphatic carbocycles. The van der Waals surface area contributed by atoms with Gasteiger partial charge in [0.1, 0.15) is 6.10 Å². The van der Waals surface area contributed by atoms with E-state index in [-0.39, 0.29) is 5.97 Å². The standard InChI is InChI=1S/C19H19F3O3/c1-25-17(23)4-2-3-13-5-7-14(8-6-13)18(24)15-9-11-16(12-10-15)19(20,21)22/h5-12,18,24H,2-4H2,1H3. The summed E-state index contributed by atoms with van der Waals surface area (Å²) in [7, 11) is 1.35. The summed E-state index contributed by atoms with van der Waals surface area (Å²) < 4.78 is 42.3. The number of aliphatic hydroxyl groups is 1. The third-order valence-corrected chi connectivity index (χ3v) is 3.92. The van der Waals surface area contributed by atoms with E-state index in [9.17, 15) is 23.1 Å². The van der Waals surface area contributed by atoms with Crippen molar-refractivity contribution in [3.8, 4) is 0 Å². The van der Waals surface area contributed by atoms with Gasteiger partial charge in [-0.25, -0.2) is 0 Å². The highest BCUT2D eigenvalue weighted by Gasteiger charge is 2.30. The van der Waals surface area contributed by atoms with Gasteiger partial charge < -0.3 is 9.84 Å². The molecule has 3 nitrogen and oxygen atoms in total. The second-order valence-corrected chi connectivity index (χ2v) is 5.69. The first-order valence-electron chi connectivity index (χ1n) is 7.82. The Morgan fingerprint density at radius 2 is 1.56 bits per heavy atom. The minimum atomic E-state index is -4.39. The molecule has 0 radical (unpaired) electrons. The molecule has 134 valence electrons. The fourth-order valence-corrected chi connectivity index (χ4v) is 2.45. The van der Waals surface area contributed by atoms with Gasteiger partial charge in [-0.3, -0.25) is 4.79 Å². The van der Waals surface area contributed by atoms with E-state index in [0.717, 1.165) is 17.7 Å². The lowest BCUT2D eigenvalue weighted by atomic mass is 9.98. The number of alkyl halides is 3. The zero-order valence-electron chi connectivity index (χ0n) is 13.7. The Balaban J connectivity index is 2.00. The predicted molar refractivity (Wildman–Crippen MR) is 86.9 cm³/mol. The summed E-state index contributed by atoms with van der Waals surface area (Å²) in [5, 5.41) is 10.3. The van der Waals surface area contributed by atoms with Gasteiger partial charge in [-0.15, -0.1) is 0 Å². The molecular weight excluding hydrogens is 333 g/mol. The maximum atomic E-state index is 12.6. The maximum Gasteiger partial charge on any atom is 0.416 e. The molecule has 0 heterocycles. The molecule has 0 spiro atoms. The van der Waals surface area contributed by atoms with Crippen molar-refractivity contribution in [2.24, 2.45) is 0 Å². The lowest BCUT2D eigenvalue weighted by Crippen LogP contribution is -2.06. The predicted octanol–water partition coefficient (Wildman–Crippen LogP) is 4.28. The fourth-order valence-electron chi connectivity index (χ4n) is 2.45. The highest BCUT2D eigenvalue weighted by Crippen LogP contribution is 2.31. The van der Waals surface area contributed by atoms with Crippen LogP contribution in [0.2, 0.25) is 0 Å². The van der Waals surface area contributed by atoms with E-state index in [4.69, 9.17) is 0 Å². The van der Waals surface area contributed by atoms with Gasteiger partial charge in [-0.2, -0.15) is 13.2 Å². The molecule has 2 rings (SSSR count). The zero-order valence-corrected chi connectivity index (χ0v) is 13.7. The van der Waals surface area contributed by atoms with Crippen molar-refractivity contribution in [3.63, 3.8) is 0 Å². The molecule has 2 aromatic carbocycles. The number of benzene rings is 2. The maximum absolute atomic E-state index is 12.6. The molecule has 0 amide bonds. The summed E-state index contributed by atoms with van der Waals surface area (Å²) in [6.07, 6.45) is -3.69. The minimum Gasteiger partial charge on any atom is -0.469 e. The minimum absolute atomic E-state index is 0.255. The van der Waals surface area contributed by atoms with E-state index in [1.807, 2.05) is 12.1 Å². The molecule has 1 unspecified atom stereocenters. The van der Waals surface area contributed by atoms with Gasteiger partial charge in [0.2, 0.25) is 0 Å². The van der Waals surface area contributed by atoms with Crippen LogP contribution >= 0.6 is 0 Å². The summed E-state index contributed by atoms with van der Waals surface area (Å²) >= 11 is 0. The molecule has 0 aromatic heterocycles. The number of aliphatic hydroxyl groups excluding tert-OH is 1. The third kappa shape index (κ3) is 5.32. The summed E-state index contributed by atoms with van der Waals surface area (Å²) in [6, 6.07) is 11.6. The van der Waals surface area contributed by atoms with Gasteiger partial charge in [-0.05, 0) is 41.7 Å². The van der Waals surface area contributed by atoms with Crippen LogP contribution in [0.1, 0.15) is 41.2 Å². The van der Waals surface area contributed by atoms with Crippen LogP contribution in [0.4, 0.5) is 13.2 Å². The Morgan fingerprint density at radius 1 is 1.04 bits per heavy atom. The second-order valence-electron chi connectivity index (χ2n) is 5.69. The van der Waals surface area contributed by atoms with Crippen molar-refractivity contribution >= 4 is 5.97 Å². The Hall–Kier alpha value is -2.34. The molecule has 0 aliphatic rings. The van der Waals surface area contributed by atoms with Gasteiger partial charge >= 0.3 is 12.1 Å². The van der Waals surface area contributed by atoms with Crippen LogP contribution in [0.15, 0.2) is 48.5 Å². The number of aryl methyl sites for hydroxylation is 1. The molecule has 0 fully saturated rings. The van der Waals surface area contributed by atoms with Crippen LogP contribution in [0, 0.1) is 0 Å². The Bertz CT molecular complexity index is 691. The first-order chi connectivity index (χ1) is 11.8. The third-order valence-electron chi connectivity index (χ3n) is 3.92. The van der Waals surface area contributed by atoms with E-state index in [1.54, 1.807) is 12.1 Å². The quantitative estimate of drug-likeness (QED) is 0.789. The van der Waals surface area contributed by atoms with E-state index in [0.29, 0.717) is 30.4 Å². The number of hydrogen-bond acceptors (Lipinski definition) is 3. The van der Waals surface area contributed by atoms with Crippen LogP contribution in [-0.2, 0) is 22.1 Å². The van der Waals surface area contributed by atoms with Crippen molar-refractivity contribution in [2.75, 3.05) is 7.11 Å². The molecule has 1 atom stereocenters. The fraction of sp³-hybridized carbons (Fsp3) is 0.316. The van der Waals surface area contributed by atoms with Crippen molar-refractivity contribution in [1.82, 2.24) is 0 Å². The highest BCUT2D eigenvalue weighted by atomic mass is 19.4. The Kier molecular flexibility index (Phi) is 6.20. The number of esters is 1.